The molecule has 0 saturated carbocycles. The molecule has 11 aromatic rings. The van der Waals surface area contributed by atoms with Gasteiger partial charge in [0, 0.05) is 49.8 Å². The number of rotatable bonds is 5. The van der Waals surface area contributed by atoms with Gasteiger partial charge in [-0.3, -0.25) is 16.0 Å². The summed E-state index contributed by atoms with van der Waals surface area (Å²) in [4.78, 5) is 0. The molecule has 1 saturated heterocycles. The summed E-state index contributed by atoms with van der Waals surface area (Å²) in [5, 5.41) is 18.7. The monoisotopic (exact) mass is 735 g/mol. The first-order chi connectivity index (χ1) is 28.3. The van der Waals surface area contributed by atoms with Gasteiger partial charge in [-0.15, -0.1) is 0 Å². The van der Waals surface area contributed by atoms with E-state index in [0.717, 1.165) is 49.9 Å². The lowest BCUT2D eigenvalue weighted by molar-refractivity contribution is 0.204. The summed E-state index contributed by atoms with van der Waals surface area (Å²) >= 11 is 0. The summed E-state index contributed by atoms with van der Waals surface area (Å²) in [6, 6.07) is 67.2. The Kier molecular flexibility index (Phi) is 7.25. The van der Waals surface area contributed by atoms with Crippen molar-refractivity contribution in [3.63, 3.8) is 0 Å². The maximum absolute atomic E-state index is 6.76. The first-order valence-corrected chi connectivity index (χ1v) is 19.6. The fourth-order valence-electron chi connectivity index (χ4n) is 9.29. The van der Waals surface area contributed by atoms with Gasteiger partial charge in [0.1, 0.15) is 11.2 Å². The van der Waals surface area contributed by atoms with Gasteiger partial charge in [0.05, 0.1) is 40.6 Å². The number of furan rings is 1. The van der Waals surface area contributed by atoms with Gasteiger partial charge in [-0.2, -0.15) is 0 Å². The van der Waals surface area contributed by atoms with Gasteiger partial charge in [-0.1, -0.05) is 127 Å². The van der Waals surface area contributed by atoms with Crippen LogP contribution in [-0.2, 0) is 0 Å². The maximum Gasteiger partial charge on any atom is 0.137 e. The number of aromatic nitrogens is 2. The second kappa shape index (κ2) is 12.8. The van der Waals surface area contributed by atoms with Gasteiger partial charge < -0.3 is 13.6 Å². The number of nitrogens with one attached hydrogen (secondary N) is 3. The van der Waals surface area contributed by atoms with E-state index in [1.54, 1.807) is 0 Å². The van der Waals surface area contributed by atoms with E-state index in [4.69, 9.17) is 4.42 Å². The maximum atomic E-state index is 6.76. The summed E-state index contributed by atoms with van der Waals surface area (Å²) in [7, 11) is 0. The highest BCUT2D eigenvalue weighted by molar-refractivity contribution is 6.19. The molecule has 0 aliphatic carbocycles. The average molecular weight is 736 g/mol. The van der Waals surface area contributed by atoms with Crippen LogP contribution in [0.1, 0.15) is 35.2 Å². The highest BCUT2D eigenvalue weighted by Gasteiger charge is 2.31. The molecule has 0 radical (unpaired) electrons. The Morgan fingerprint density at radius 1 is 0.351 bits per heavy atom. The van der Waals surface area contributed by atoms with Crippen LogP contribution in [0.2, 0.25) is 0 Å². The number of hydrogen-bond donors (Lipinski definition) is 3. The van der Waals surface area contributed by atoms with Crippen LogP contribution < -0.4 is 16.0 Å². The molecule has 272 valence electrons. The van der Waals surface area contributed by atoms with E-state index >= 15 is 0 Å². The Morgan fingerprint density at radius 2 is 0.877 bits per heavy atom. The van der Waals surface area contributed by atoms with E-state index in [1.165, 1.54) is 43.7 Å². The first kappa shape index (κ1) is 32.3. The molecule has 0 amide bonds. The van der Waals surface area contributed by atoms with Crippen LogP contribution in [0, 0.1) is 0 Å². The minimum absolute atomic E-state index is 0.0637. The van der Waals surface area contributed by atoms with Gasteiger partial charge in [-0.25, -0.2) is 0 Å². The third-order valence-corrected chi connectivity index (χ3v) is 11.8. The molecule has 3 aromatic heterocycles. The number of benzene rings is 8. The van der Waals surface area contributed by atoms with Crippen LogP contribution in [0.3, 0.4) is 0 Å². The van der Waals surface area contributed by atoms with Gasteiger partial charge in [0.2, 0.25) is 0 Å². The van der Waals surface area contributed by atoms with Gasteiger partial charge in [-0.05, 0) is 71.3 Å². The normalized spacial score (nSPS) is 17.4. The fraction of sp³-hybridized carbons (Fsp3) is 0.0588. The molecule has 0 bridgehead atoms. The third-order valence-electron chi connectivity index (χ3n) is 11.8. The predicted molar refractivity (Wildman–Crippen MR) is 233 cm³/mol. The lowest BCUT2D eigenvalue weighted by Crippen LogP contribution is -2.54. The molecule has 12 rings (SSSR count). The molecule has 1 aliphatic heterocycles. The van der Waals surface area contributed by atoms with E-state index < -0.39 is 0 Å². The zero-order chi connectivity index (χ0) is 37.5. The Labute approximate surface area is 328 Å². The highest BCUT2D eigenvalue weighted by atomic mass is 16.3. The van der Waals surface area contributed by atoms with Crippen molar-refractivity contribution >= 4 is 65.6 Å². The van der Waals surface area contributed by atoms with Crippen molar-refractivity contribution in [2.45, 2.75) is 18.5 Å². The minimum atomic E-state index is -0.149. The van der Waals surface area contributed by atoms with Crippen molar-refractivity contribution in [3.8, 4) is 11.4 Å². The van der Waals surface area contributed by atoms with E-state index in [1.807, 2.05) is 0 Å². The Balaban J connectivity index is 1.02. The standard InChI is InChI=1S/C51H37N5O/c1-4-15-32(16-5-1)49-52-50(33-17-6-2-7-18-33)54-51(53-49)39-23-14-26-46-48(39)38-28-27-35(29-47(38)57-46)56-43-25-13-11-22-37(43)41-30-44-40(31-45(41)56)36-21-10-12-24-42(36)55(44)34-19-8-3-9-20-34/h1-31,49-54H. The van der Waals surface area contributed by atoms with Crippen molar-refractivity contribution in [2.75, 3.05) is 0 Å². The molecule has 8 aromatic carbocycles. The summed E-state index contributed by atoms with van der Waals surface area (Å²) in [6.45, 7) is 0. The van der Waals surface area contributed by atoms with Crippen LogP contribution in [0.4, 0.5) is 0 Å². The van der Waals surface area contributed by atoms with E-state index in [-0.39, 0.29) is 18.5 Å². The second-order valence-electron chi connectivity index (χ2n) is 15.1. The Morgan fingerprint density at radius 3 is 1.49 bits per heavy atom. The predicted octanol–water partition coefficient (Wildman–Crippen LogP) is 12.0. The van der Waals surface area contributed by atoms with Crippen LogP contribution in [-0.4, -0.2) is 9.13 Å². The zero-order valence-electron chi connectivity index (χ0n) is 30.9. The van der Waals surface area contributed by atoms with Crippen LogP contribution in [0.15, 0.2) is 192 Å². The summed E-state index contributed by atoms with van der Waals surface area (Å²) in [5.41, 5.74) is 12.2. The molecule has 3 N–H and O–H groups in total. The number of nitrogens with zero attached hydrogens (tertiary/aromatic N) is 2. The van der Waals surface area contributed by atoms with E-state index in [9.17, 15) is 0 Å². The minimum Gasteiger partial charge on any atom is -0.456 e. The highest BCUT2D eigenvalue weighted by Crippen LogP contribution is 2.42. The molecule has 2 unspecified atom stereocenters. The van der Waals surface area contributed by atoms with Gasteiger partial charge in [0.15, 0.2) is 0 Å². The average Bonchev–Trinajstić information content (AvgIpc) is 3.93. The largest absolute Gasteiger partial charge is 0.456 e. The first-order valence-electron chi connectivity index (χ1n) is 19.6. The smallest absolute Gasteiger partial charge is 0.137 e. The molecule has 1 fully saturated rings. The molecule has 6 heteroatoms. The molecule has 2 atom stereocenters. The Hall–Kier alpha value is -6.96. The van der Waals surface area contributed by atoms with Crippen LogP contribution >= 0.6 is 0 Å². The van der Waals surface area contributed by atoms with Crippen LogP contribution in [0.5, 0.6) is 0 Å². The lowest BCUT2D eigenvalue weighted by atomic mass is 10.0. The van der Waals surface area contributed by atoms with Crippen LogP contribution in [0.25, 0.3) is 76.9 Å². The second-order valence-corrected chi connectivity index (χ2v) is 15.1. The fourth-order valence-corrected chi connectivity index (χ4v) is 9.29. The summed E-state index contributed by atoms with van der Waals surface area (Å²) in [5.74, 6) is 0. The molecule has 1 aliphatic rings. The molecular formula is C51H37N5O. The van der Waals surface area contributed by atoms with Crippen molar-refractivity contribution in [1.29, 1.82) is 0 Å². The van der Waals surface area contributed by atoms with Gasteiger partial charge >= 0.3 is 0 Å². The Bertz CT molecular complexity index is 3240. The zero-order valence-corrected chi connectivity index (χ0v) is 30.9. The quantitative estimate of drug-likeness (QED) is 0.165. The number of fused-ring (bicyclic) bond motifs is 9. The van der Waals surface area contributed by atoms with Crippen molar-refractivity contribution in [1.82, 2.24) is 25.1 Å². The topological polar surface area (TPSA) is 59.1 Å². The van der Waals surface area contributed by atoms with Crippen molar-refractivity contribution < 1.29 is 4.42 Å². The molecule has 0 spiro atoms. The molecule has 4 heterocycles. The van der Waals surface area contributed by atoms with Gasteiger partial charge in [0.25, 0.3) is 0 Å². The van der Waals surface area contributed by atoms with E-state index in [2.05, 4.69) is 213 Å². The molecular weight excluding hydrogens is 699 g/mol. The van der Waals surface area contributed by atoms with Crippen molar-refractivity contribution in [2.24, 2.45) is 0 Å². The third kappa shape index (κ3) is 5.09. The summed E-state index contributed by atoms with van der Waals surface area (Å²) < 4.78 is 11.6. The number of para-hydroxylation sites is 3. The van der Waals surface area contributed by atoms with Crippen molar-refractivity contribution in [3.05, 3.63) is 205 Å². The number of hydrogen-bond acceptors (Lipinski definition) is 4. The summed E-state index contributed by atoms with van der Waals surface area (Å²) in [6.07, 6.45) is -0.277. The molecule has 6 nitrogen and oxygen atoms in total. The lowest BCUT2D eigenvalue weighted by Gasteiger charge is -2.39. The van der Waals surface area contributed by atoms with E-state index in [0.29, 0.717) is 0 Å². The molecule has 57 heavy (non-hydrogen) atoms. The SMILES string of the molecule is c1ccc(C2NC(c3ccccc3)NC(c3cccc4oc5cc(-n6c7ccccc7c7cc8c(cc76)c6ccccc6n8-c6ccccc6)ccc5c34)N2)cc1.